The Bertz CT molecular complexity index is 1470. The highest BCUT2D eigenvalue weighted by atomic mass is 16.5. The molecule has 0 spiro atoms. The van der Waals surface area contributed by atoms with Crippen molar-refractivity contribution in [1.82, 2.24) is 14.8 Å². The summed E-state index contributed by atoms with van der Waals surface area (Å²) in [5.74, 6) is -0.0896. The van der Waals surface area contributed by atoms with Crippen LogP contribution in [0.5, 0.6) is 0 Å². The number of nitrogens with one attached hydrogen (secondary N) is 1. The van der Waals surface area contributed by atoms with Gasteiger partial charge in [-0.2, -0.15) is 0 Å². The molecule has 0 saturated carbocycles. The fourth-order valence-electron chi connectivity index (χ4n) is 6.03. The largest absolute Gasteiger partial charge is 0.378 e. The number of nitrogens with zero attached hydrogens (tertiary/aromatic N) is 2. The van der Waals surface area contributed by atoms with E-state index in [-0.39, 0.29) is 17.7 Å². The highest BCUT2D eigenvalue weighted by molar-refractivity contribution is 6.04. The predicted molar refractivity (Wildman–Crippen MR) is 149 cm³/mol. The van der Waals surface area contributed by atoms with Crippen molar-refractivity contribution in [3.8, 4) is 11.3 Å². The lowest BCUT2D eigenvalue weighted by molar-refractivity contribution is -0.142. The molecule has 6 nitrogen and oxygen atoms in total. The Kier molecular flexibility index (Phi) is 6.50. The van der Waals surface area contributed by atoms with Crippen LogP contribution in [-0.2, 0) is 9.53 Å². The van der Waals surface area contributed by atoms with Gasteiger partial charge in [0.2, 0.25) is 5.91 Å². The number of carbonyl (C=O) groups excluding carboxylic acids is 2. The van der Waals surface area contributed by atoms with Crippen molar-refractivity contribution in [2.75, 3.05) is 26.3 Å². The number of para-hydroxylation sites is 1. The summed E-state index contributed by atoms with van der Waals surface area (Å²) in [4.78, 5) is 35.9. The lowest BCUT2D eigenvalue weighted by Gasteiger charge is -2.40. The number of aromatic nitrogens is 1. The first-order chi connectivity index (χ1) is 18.6. The molecule has 6 heteroatoms. The van der Waals surface area contributed by atoms with Crippen molar-refractivity contribution in [2.24, 2.45) is 5.92 Å². The summed E-state index contributed by atoms with van der Waals surface area (Å²) in [7, 11) is 0. The molecule has 6 rings (SSSR count). The van der Waals surface area contributed by atoms with Crippen molar-refractivity contribution >= 4 is 22.7 Å². The van der Waals surface area contributed by atoms with E-state index in [1.807, 2.05) is 64.4 Å². The first kappa shape index (κ1) is 24.4. The van der Waals surface area contributed by atoms with E-state index in [0.717, 1.165) is 39.7 Å². The second kappa shape index (κ2) is 10.1. The van der Waals surface area contributed by atoms with E-state index in [1.165, 1.54) is 0 Å². The number of fused-ring (bicyclic) bond motifs is 2. The number of hydrogen-bond donors (Lipinski definition) is 1. The number of H-pyrrole nitrogens is 1. The van der Waals surface area contributed by atoms with Gasteiger partial charge in [0, 0.05) is 35.1 Å². The van der Waals surface area contributed by atoms with Crippen LogP contribution in [0.4, 0.5) is 0 Å². The van der Waals surface area contributed by atoms with Gasteiger partial charge in [-0.1, -0.05) is 87.0 Å². The lowest BCUT2D eigenvalue weighted by Crippen LogP contribution is -2.55. The fraction of sp³-hybridized carbons (Fsp3) is 0.312. The molecule has 4 aromatic rings. The van der Waals surface area contributed by atoms with E-state index < -0.39 is 12.1 Å². The van der Waals surface area contributed by atoms with Crippen LogP contribution in [-0.4, -0.2) is 58.9 Å². The number of hydrogen-bond acceptors (Lipinski definition) is 3. The van der Waals surface area contributed by atoms with Gasteiger partial charge in [-0.25, -0.2) is 0 Å². The summed E-state index contributed by atoms with van der Waals surface area (Å²) in [5, 5.41) is 1.06. The molecule has 0 aliphatic carbocycles. The van der Waals surface area contributed by atoms with Gasteiger partial charge in [0.05, 0.1) is 24.9 Å². The van der Waals surface area contributed by atoms with Crippen LogP contribution in [0, 0.1) is 5.92 Å². The summed E-state index contributed by atoms with van der Waals surface area (Å²) in [6.45, 7) is 6.33. The molecule has 0 bridgehead atoms. The smallest absolute Gasteiger partial charge is 0.255 e. The van der Waals surface area contributed by atoms with Crippen LogP contribution < -0.4 is 0 Å². The molecular formula is C32H33N3O3. The van der Waals surface area contributed by atoms with Gasteiger partial charge in [-0.15, -0.1) is 0 Å². The summed E-state index contributed by atoms with van der Waals surface area (Å²) in [6, 6.07) is 25.3. The van der Waals surface area contributed by atoms with E-state index in [2.05, 4.69) is 43.1 Å². The Hall–Kier alpha value is -3.90. The molecule has 1 saturated heterocycles. The molecule has 1 fully saturated rings. The number of carbonyl (C=O) groups is 2. The summed E-state index contributed by atoms with van der Waals surface area (Å²) in [5.41, 5.74) is 5.70. The Labute approximate surface area is 223 Å². The van der Waals surface area contributed by atoms with Gasteiger partial charge in [0.15, 0.2) is 0 Å². The molecule has 0 radical (unpaired) electrons. The lowest BCUT2D eigenvalue weighted by atomic mass is 9.90. The molecular weight excluding hydrogens is 474 g/mol. The van der Waals surface area contributed by atoms with Crippen LogP contribution in [0.2, 0.25) is 0 Å². The monoisotopic (exact) mass is 507 g/mol. The van der Waals surface area contributed by atoms with Gasteiger partial charge >= 0.3 is 0 Å². The minimum atomic E-state index is -0.583. The zero-order chi connectivity index (χ0) is 26.2. The topological polar surface area (TPSA) is 65.6 Å². The van der Waals surface area contributed by atoms with Gasteiger partial charge in [0.1, 0.15) is 6.04 Å². The molecule has 2 aliphatic heterocycles. The summed E-state index contributed by atoms with van der Waals surface area (Å²) in [6.07, 6.45) is 0.785. The zero-order valence-corrected chi connectivity index (χ0v) is 21.9. The van der Waals surface area contributed by atoms with Gasteiger partial charge in [-0.3, -0.25) is 9.59 Å². The minimum absolute atomic E-state index is 0.00917. The maximum atomic E-state index is 14.3. The summed E-state index contributed by atoms with van der Waals surface area (Å²) >= 11 is 0. The van der Waals surface area contributed by atoms with Crippen molar-refractivity contribution in [3.05, 3.63) is 95.6 Å². The van der Waals surface area contributed by atoms with Crippen molar-refractivity contribution in [2.45, 2.75) is 32.4 Å². The molecule has 2 amide bonds. The third-order valence-corrected chi connectivity index (χ3v) is 8.14. The highest BCUT2D eigenvalue weighted by Crippen LogP contribution is 2.47. The Morgan fingerprint density at radius 1 is 0.974 bits per heavy atom. The maximum absolute atomic E-state index is 14.3. The molecule has 3 unspecified atom stereocenters. The molecule has 1 aromatic heterocycles. The standard InChI is InChI=1S/C32H33N3O3/c1-3-21(2)29(32(37)34-17-19-38-20-18-34)35-30(23-13-7-8-14-24(23)31(35)36)27-25-15-9-10-16-26(25)33-28(27)22-11-5-4-6-12-22/h4-16,21,29-30,33H,3,17-20H2,1-2H3. The Balaban J connectivity index is 1.58. The maximum Gasteiger partial charge on any atom is 0.255 e. The summed E-state index contributed by atoms with van der Waals surface area (Å²) < 4.78 is 5.53. The normalized spacial score (nSPS) is 19.0. The zero-order valence-electron chi connectivity index (χ0n) is 21.9. The third-order valence-electron chi connectivity index (χ3n) is 8.14. The molecule has 194 valence electrons. The first-order valence-corrected chi connectivity index (χ1v) is 13.5. The van der Waals surface area contributed by atoms with Crippen LogP contribution in [0.25, 0.3) is 22.2 Å². The van der Waals surface area contributed by atoms with E-state index in [0.29, 0.717) is 31.9 Å². The number of aromatic amines is 1. The SMILES string of the molecule is CCC(C)C(C(=O)N1CCOCC1)N1C(=O)c2ccccc2C1c1c(-c2ccccc2)[nH]c2ccccc12. The minimum Gasteiger partial charge on any atom is -0.378 e. The third kappa shape index (κ3) is 4.00. The second-order valence-corrected chi connectivity index (χ2v) is 10.3. The molecule has 38 heavy (non-hydrogen) atoms. The number of ether oxygens (including phenoxy) is 1. The molecule has 3 heterocycles. The Morgan fingerprint density at radius 3 is 2.42 bits per heavy atom. The van der Waals surface area contributed by atoms with Crippen molar-refractivity contribution in [3.63, 3.8) is 0 Å². The van der Waals surface area contributed by atoms with Crippen LogP contribution >= 0.6 is 0 Å². The van der Waals surface area contributed by atoms with Crippen molar-refractivity contribution < 1.29 is 14.3 Å². The molecule has 3 aromatic carbocycles. The molecule has 1 N–H and O–H groups in total. The van der Waals surface area contributed by atoms with E-state index in [1.54, 1.807) is 0 Å². The number of amides is 2. The fourth-order valence-corrected chi connectivity index (χ4v) is 6.03. The van der Waals surface area contributed by atoms with E-state index >= 15 is 0 Å². The van der Waals surface area contributed by atoms with E-state index in [4.69, 9.17) is 4.74 Å². The molecule has 3 atom stereocenters. The highest BCUT2D eigenvalue weighted by Gasteiger charge is 2.48. The van der Waals surface area contributed by atoms with Crippen molar-refractivity contribution in [1.29, 1.82) is 0 Å². The van der Waals surface area contributed by atoms with Gasteiger partial charge < -0.3 is 19.5 Å². The van der Waals surface area contributed by atoms with Gasteiger partial charge in [-0.05, 0) is 29.2 Å². The van der Waals surface area contributed by atoms with Crippen LogP contribution in [0.3, 0.4) is 0 Å². The van der Waals surface area contributed by atoms with Crippen LogP contribution in [0.1, 0.15) is 47.8 Å². The quantitative estimate of drug-likeness (QED) is 0.367. The average Bonchev–Trinajstić information content (AvgIpc) is 3.49. The average molecular weight is 508 g/mol. The Morgan fingerprint density at radius 2 is 1.66 bits per heavy atom. The van der Waals surface area contributed by atoms with E-state index in [9.17, 15) is 9.59 Å². The number of rotatable bonds is 6. The van der Waals surface area contributed by atoms with Gasteiger partial charge in [0.25, 0.3) is 5.91 Å². The number of morpholine rings is 1. The van der Waals surface area contributed by atoms with Crippen LogP contribution in [0.15, 0.2) is 78.9 Å². The predicted octanol–water partition coefficient (Wildman–Crippen LogP) is 5.65. The first-order valence-electron chi connectivity index (χ1n) is 13.5. The second-order valence-electron chi connectivity index (χ2n) is 10.3. The number of benzene rings is 3. The molecule has 2 aliphatic rings.